The predicted molar refractivity (Wildman–Crippen MR) is 41.0 cm³/mol. The molecule has 0 aliphatic carbocycles. The molecule has 0 saturated carbocycles. The van der Waals surface area contributed by atoms with Gasteiger partial charge in [-0.2, -0.15) is 0 Å². The quantitative estimate of drug-likeness (QED) is 0.211. The van der Waals surface area contributed by atoms with Crippen molar-refractivity contribution in [2.45, 2.75) is 20.8 Å². The second kappa shape index (κ2) is 8.41. The Morgan fingerprint density at radius 3 is 2.08 bits per heavy atom. The van der Waals surface area contributed by atoms with Crippen molar-refractivity contribution in [3.63, 3.8) is 0 Å². The molecule has 0 unspecified atom stereocenters. The summed E-state index contributed by atoms with van der Waals surface area (Å²) >= 11 is 0. The zero-order chi connectivity index (χ0) is 9.56. The van der Waals surface area contributed by atoms with E-state index < -0.39 is 11.9 Å². The maximum atomic E-state index is 10.9. The molecule has 0 aliphatic heterocycles. The largest absolute Gasteiger partial charge is 1.00 e. The minimum atomic E-state index is -0.615. The molecule has 0 aromatic rings. The Balaban J connectivity index is 0. The molecule has 0 saturated heterocycles. The first kappa shape index (κ1) is 15.3. The third-order valence-corrected chi connectivity index (χ3v) is 1.16. The molecule has 0 spiro atoms. The van der Waals surface area contributed by atoms with Gasteiger partial charge in [0.05, 0.1) is 18.1 Å². The summed E-state index contributed by atoms with van der Waals surface area (Å²) < 4.78 is 9.19. The van der Waals surface area contributed by atoms with Gasteiger partial charge in [-0.05, 0) is 20.5 Å². The van der Waals surface area contributed by atoms with Crippen molar-refractivity contribution in [2.75, 3.05) is 13.2 Å². The number of carbonyl (C=O) groups excluding carboxylic acids is 1. The third kappa shape index (κ3) is 5.96. The topological polar surface area (TPSA) is 58.6 Å². The number of hydrogen-bond donors (Lipinski definition) is 0. The van der Waals surface area contributed by atoms with E-state index in [9.17, 15) is 9.90 Å². The second-order valence-electron chi connectivity index (χ2n) is 2.07. The summed E-state index contributed by atoms with van der Waals surface area (Å²) in [5.74, 6) is -1.23. The Morgan fingerprint density at radius 1 is 1.23 bits per heavy atom. The summed E-state index contributed by atoms with van der Waals surface area (Å²) in [6.07, 6.45) is 0. The summed E-state index contributed by atoms with van der Waals surface area (Å²) in [5, 5.41) is 10.9. The van der Waals surface area contributed by atoms with Gasteiger partial charge in [0.15, 0.2) is 0 Å². The molecule has 0 aromatic carbocycles. The minimum Gasteiger partial charge on any atom is -0.613 e. The van der Waals surface area contributed by atoms with Crippen molar-refractivity contribution in [1.82, 2.24) is 0 Å². The van der Waals surface area contributed by atoms with Gasteiger partial charge in [-0.25, -0.2) is 4.79 Å². The average molecular weight is 196 g/mol. The van der Waals surface area contributed by atoms with Crippen molar-refractivity contribution in [1.29, 1.82) is 0 Å². The van der Waals surface area contributed by atoms with Crippen LogP contribution in [0.25, 0.3) is 0 Å². The summed E-state index contributed by atoms with van der Waals surface area (Å²) in [6, 6.07) is 0. The Bertz CT molecular complexity index is 189. The molecule has 0 aromatic heterocycles. The smallest absolute Gasteiger partial charge is 0.613 e. The first-order chi connectivity index (χ1) is 5.63. The zero-order valence-electron chi connectivity index (χ0n) is 8.55. The van der Waals surface area contributed by atoms with Gasteiger partial charge in [0, 0.05) is 0 Å². The van der Waals surface area contributed by atoms with E-state index in [1.165, 1.54) is 6.92 Å². The van der Waals surface area contributed by atoms with Crippen LogP contribution in [0.2, 0.25) is 0 Å². The van der Waals surface area contributed by atoms with Crippen LogP contribution in [-0.2, 0) is 14.3 Å². The Morgan fingerprint density at radius 2 is 1.69 bits per heavy atom. The van der Waals surface area contributed by atoms with Crippen LogP contribution >= 0.6 is 0 Å². The fraction of sp³-hybridized carbons (Fsp3) is 0.625. The first-order valence-corrected chi connectivity index (χ1v) is 3.81. The second-order valence-corrected chi connectivity index (χ2v) is 2.07. The molecule has 0 amide bonds. The molecule has 0 aliphatic rings. The molecular weight excluding hydrogens is 183 g/mol. The van der Waals surface area contributed by atoms with E-state index in [1.54, 1.807) is 13.8 Å². The van der Waals surface area contributed by atoms with E-state index in [1.807, 2.05) is 0 Å². The van der Waals surface area contributed by atoms with Crippen LogP contribution in [0.1, 0.15) is 20.8 Å². The van der Waals surface area contributed by atoms with Gasteiger partial charge in [-0.1, -0.05) is 6.92 Å². The van der Waals surface area contributed by atoms with Gasteiger partial charge >= 0.3 is 35.5 Å². The maximum absolute atomic E-state index is 10.9. The van der Waals surface area contributed by atoms with Crippen LogP contribution in [0.15, 0.2) is 11.5 Å². The van der Waals surface area contributed by atoms with Crippen molar-refractivity contribution in [3.05, 3.63) is 11.5 Å². The molecule has 0 N–H and O–H groups in total. The van der Waals surface area contributed by atoms with Crippen molar-refractivity contribution in [2.24, 2.45) is 0 Å². The fourth-order valence-electron chi connectivity index (χ4n) is 0.562. The van der Waals surface area contributed by atoms with E-state index in [0.29, 0.717) is 0 Å². The van der Waals surface area contributed by atoms with E-state index in [0.717, 1.165) is 0 Å². The molecule has 0 atom stereocenters. The molecule has 0 rings (SSSR count). The Hall–Kier alpha value is -0.190. The SMILES string of the molecule is CCOC(=O)/C(C)=C(\[O-])OCC.[Na+]. The molecule has 4 nitrogen and oxygen atoms in total. The molecule has 13 heavy (non-hydrogen) atoms. The summed E-state index contributed by atoms with van der Waals surface area (Å²) in [5.41, 5.74) is -0.0151. The number of carbonyl (C=O) groups is 1. The zero-order valence-corrected chi connectivity index (χ0v) is 10.5. The van der Waals surface area contributed by atoms with Crippen LogP contribution < -0.4 is 34.7 Å². The predicted octanol–water partition coefficient (Wildman–Crippen LogP) is -2.82. The van der Waals surface area contributed by atoms with Gasteiger partial charge in [-0.3, -0.25) is 0 Å². The normalized spacial score (nSPS) is 11.0. The van der Waals surface area contributed by atoms with Crippen molar-refractivity contribution in [3.8, 4) is 0 Å². The molecule has 0 bridgehead atoms. The Kier molecular flexibility index (Phi) is 9.89. The van der Waals surface area contributed by atoms with Crippen LogP contribution in [0.5, 0.6) is 0 Å². The molecule has 5 heteroatoms. The molecule has 0 radical (unpaired) electrons. The summed E-state index contributed by atoms with van der Waals surface area (Å²) in [6.45, 7) is 5.26. The van der Waals surface area contributed by atoms with E-state index in [-0.39, 0.29) is 48.3 Å². The number of ether oxygens (including phenoxy) is 2. The van der Waals surface area contributed by atoms with Gasteiger partial charge in [-0.15, -0.1) is 0 Å². The van der Waals surface area contributed by atoms with Crippen molar-refractivity contribution < 1.29 is 48.9 Å². The van der Waals surface area contributed by atoms with Crippen LogP contribution in [0.4, 0.5) is 0 Å². The van der Waals surface area contributed by atoms with E-state index in [2.05, 4.69) is 9.47 Å². The first-order valence-electron chi connectivity index (χ1n) is 3.81. The third-order valence-electron chi connectivity index (χ3n) is 1.16. The van der Waals surface area contributed by atoms with E-state index >= 15 is 0 Å². The van der Waals surface area contributed by atoms with Gasteiger partial charge in [0.25, 0.3) is 0 Å². The van der Waals surface area contributed by atoms with Crippen LogP contribution in [0.3, 0.4) is 0 Å². The van der Waals surface area contributed by atoms with Crippen molar-refractivity contribution >= 4 is 5.97 Å². The fourth-order valence-corrected chi connectivity index (χ4v) is 0.562. The number of esters is 1. The van der Waals surface area contributed by atoms with E-state index in [4.69, 9.17) is 0 Å². The average Bonchev–Trinajstić information content (AvgIpc) is 2.04. The standard InChI is InChI=1S/C8H14O4.Na/c1-4-11-7(9)6(3)8(10)12-5-2;/h9H,4-5H2,1-3H3;/q;+1/p-1/b7-6+;. The monoisotopic (exact) mass is 196 g/mol. The Labute approximate surface area is 100 Å². The molecule has 0 fully saturated rings. The van der Waals surface area contributed by atoms with Gasteiger partial charge in [0.2, 0.25) is 0 Å². The van der Waals surface area contributed by atoms with Crippen LogP contribution in [0, 0.1) is 0 Å². The number of rotatable bonds is 4. The minimum absolute atomic E-state index is 0. The number of hydrogen-bond acceptors (Lipinski definition) is 4. The molecule has 70 valence electrons. The maximum Gasteiger partial charge on any atom is 1.00 e. The van der Waals surface area contributed by atoms with Gasteiger partial charge < -0.3 is 14.6 Å². The van der Waals surface area contributed by atoms with Crippen LogP contribution in [-0.4, -0.2) is 19.2 Å². The summed E-state index contributed by atoms with van der Waals surface area (Å²) in [7, 11) is 0. The summed E-state index contributed by atoms with van der Waals surface area (Å²) in [4.78, 5) is 10.9. The molecule has 0 heterocycles. The van der Waals surface area contributed by atoms with Gasteiger partial charge in [0.1, 0.15) is 0 Å². The molecular formula is C8H13NaO4.